The van der Waals surface area contributed by atoms with Gasteiger partial charge >= 0.3 is 5.97 Å². The minimum Gasteiger partial charge on any atom is -0.462 e. The second kappa shape index (κ2) is 5.43. The molecule has 0 fully saturated rings. The Kier molecular flexibility index (Phi) is 4.76. The number of rotatable bonds is 4. The van der Waals surface area contributed by atoms with Crippen molar-refractivity contribution in [1.29, 1.82) is 0 Å². The van der Waals surface area contributed by atoms with Gasteiger partial charge in [-0.2, -0.15) is 0 Å². The van der Waals surface area contributed by atoms with E-state index in [2.05, 4.69) is 11.3 Å². The Balaban J connectivity index is 3.34. The fourth-order valence-electron chi connectivity index (χ4n) is 0.375. The lowest BCUT2D eigenvalue weighted by atomic mass is 10.4. The molecule has 0 radical (unpaired) electrons. The van der Waals surface area contributed by atoms with Gasteiger partial charge in [0.2, 0.25) is 5.91 Å². The third-order valence-corrected chi connectivity index (χ3v) is 0.901. The van der Waals surface area contributed by atoms with Gasteiger partial charge in [0.15, 0.2) is 0 Å². The minimum atomic E-state index is -0.546. The second-order valence-corrected chi connectivity index (χ2v) is 1.69. The molecule has 0 heterocycles. The first kappa shape index (κ1) is 9.64. The third-order valence-electron chi connectivity index (χ3n) is 0.901. The van der Waals surface area contributed by atoms with Gasteiger partial charge in [-0.05, 0) is 0 Å². The van der Waals surface area contributed by atoms with Crippen molar-refractivity contribution in [2.75, 3.05) is 6.61 Å². The molecular weight excluding hydrogens is 148 g/mol. The highest BCUT2D eigenvalue weighted by Gasteiger charge is 1.99. The topological polar surface area (TPSA) is 81.4 Å². The van der Waals surface area contributed by atoms with Crippen molar-refractivity contribution in [1.82, 2.24) is 5.43 Å². The van der Waals surface area contributed by atoms with Gasteiger partial charge < -0.3 is 4.74 Å². The molecule has 3 N–H and O–H groups in total. The largest absolute Gasteiger partial charge is 0.462 e. The van der Waals surface area contributed by atoms with Crippen LogP contribution in [0.1, 0.15) is 6.42 Å². The van der Waals surface area contributed by atoms with Crippen LogP contribution in [0.4, 0.5) is 0 Å². The van der Waals surface area contributed by atoms with Crippen LogP contribution in [0.5, 0.6) is 0 Å². The smallest absolute Gasteiger partial charge is 0.330 e. The fraction of sp³-hybridized carbons (Fsp3) is 0.333. The van der Waals surface area contributed by atoms with Crippen molar-refractivity contribution in [2.45, 2.75) is 6.42 Å². The molecule has 62 valence electrons. The molecule has 0 aromatic heterocycles. The maximum absolute atomic E-state index is 10.4. The number of ether oxygens (including phenoxy) is 1. The highest BCUT2D eigenvalue weighted by molar-refractivity contribution is 5.81. The van der Waals surface area contributed by atoms with Gasteiger partial charge in [0.25, 0.3) is 0 Å². The van der Waals surface area contributed by atoms with E-state index in [0.29, 0.717) is 0 Å². The average Bonchev–Trinajstić information content (AvgIpc) is 2.04. The van der Waals surface area contributed by atoms with Crippen LogP contribution < -0.4 is 11.3 Å². The number of nitrogens with one attached hydrogen (secondary N) is 1. The van der Waals surface area contributed by atoms with Crippen molar-refractivity contribution in [2.24, 2.45) is 5.84 Å². The number of hydrogen-bond acceptors (Lipinski definition) is 4. The van der Waals surface area contributed by atoms with Gasteiger partial charge in [0.05, 0.1) is 6.42 Å². The highest BCUT2D eigenvalue weighted by atomic mass is 16.5. The van der Waals surface area contributed by atoms with Crippen molar-refractivity contribution >= 4 is 11.9 Å². The third kappa shape index (κ3) is 5.10. The monoisotopic (exact) mass is 158 g/mol. The number of amides is 1. The first-order valence-electron chi connectivity index (χ1n) is 2.99. The van der Waals surface area contributed by atoms with E-state index in [-0.39, 0.29) is 18.9 Å². The number of hydrazine groups is 1. The van der Waals surface area contributed by atoms with Crippen LogP contribution in [0.2, 0.25) is 0 Å². The summed E-state index contributed by atoms with van der Waals surface area (Å²) in [6.45, 7) is 3.20. The number of nitrogens with two attached hydrogens (primary N) is 1. The summed E-state index contributed by atoms with van der Waals surface area (Å²) in [5.74, 6) is 3.84. The molecule has 0 bridgehead atoms. The number of esters is 1. The number of hydrogen-bond donors (Lipinski definition) is 2. The maximum atomic E-state index is 10.4. The zero-order valence-electron chi connectivity index (χ0n) is 6.00. The lowest BCUT2D eigenvalue weighted by molar-refractivity contribution is -0.138. The van der Waals surface area contributed by atoms with Crippen LogP contribution in [-0.4, -0.2) is 18.5 Å². The first-order chi connectivity index (χ1) is 5.20. The summed E-state index contributed by atoms with van der Waals surface area (Å²) < 4.78 is 4.49. The zero-order valence-corrected chi connectivity index (χ0v) is 6.00. The molecule has 0 rings (SSSR count). The van der Waals surface area contributed by atoms with E-state index in [1.165, 1.54) is 0 Å². The van der Waals surface area contributed by atoms with E-state index in [1.54, 1.807) is 0 Å². The molecular formula is C6H10N2O3. The molecule has 5 heteroatoms. The van der Waals surface area contributed by atoms with Crippen LogP contribution in [0.3, 0.4) is 0 Å². The molecule has 1 amide bonds. The average molecular weight is 158 g/mol. The predicted octanol–water partition coefficient (Wildman–Crippen LogP) is -0.904. The number of carbonyl (C=O) groups is 2. The Bertz CT molecular complexity index is 167. The molecule has 11 heavy (non-hydrogen) atoms. The molecule has 0 aromatic rings. The Morgan fingerprint density at radius 3 is 2.73 bits per heavy atom. The molecule has 0 atom stereocenters. The van der Waals surface area contributed by atoms with Crippen LogP contribution in [-0.2, 0) is 14.3 Å². The Morgan fingerprint density at radius 1 is 1.64 bits per heavy atom. The van der Waals surface area contributed by atoms with E-state index in [4.69, 9.17) is 5.84 Å². The zero-order chi connectivity index (χ0) is 8.69. The summed E-state index contributed by atoms with van der Waals surface area (Å²) >= 11 is 0. The summed E-state index contributed by atoms with van der Waals surface area (Å²) in [4.78, 5) is 20.8. The Hall–Kier alpha value is -1.36. The molecule has 0 aliphatic carbocycles. The lowest BCUT2D eigenvalue weighted by Crippen LogP contribution is -2.30. The Labute approximate surface area is 64.2 Å². The van der Waals surface area contributed by atoms with E-state index in [9.17, 15) is 9.59 Å². The van der Waals surface area contributed by atoms with Gasteiger partial charge in [-0.25, -0.2) is 10.6 Å². The molecule has 0 spiro atoms. The van der Waals surface area contributed by atoms with Crippen molar-refractivity contribution in [3.8, 4) is 0 Å². The van der Waals surface area contributed by atoms with Crippen LogP contribution >= 0.6 is 0 Å². The minimum absolute atomic E-state index is 0.0217. The molecule has 0 saturated heterocycles. The lowest BCUT2D eigenvalue weighted by Gasteiger charge is -1.99. The molecule has 0 unspecified atom stereocenters. The van der Waals surface area contributed by atoms with E-state index < -0.39 is 5.97 Å². The molecule has 0 aromatic carbocycles. The molecule has 0 saturated carbocycles. The van der Waals surface area contributed by atoms with E-state index in [0.717, 1.165) is 6.08 Å². The summed E-state index contributed by atoms with van der Waals surface area (Å²) in [6, 6.07) is 0. The number of carbonyl (C=O) groups excluding carboxylic acids is 2. The SMILES string of the molecule is C=CC(=O)OCCC(=O)NN. The normalized spacial score (nSPS) is 8.45. The summed E-state index contributed by atoms with van der Waals surface area (Å²) in [6.07, 6.45) is 1.09. The van der Waals surface area contributed by atoms with Gasteiger partial charge in [-0.1, -0.05) is 6.58 Å². The standard InChI is InChI=1S/C6H10N2O3/c1-2-6(10)11-4-3-5(9)8-7/h2H,1,3-4,7H2,(H,8,9). The second-order valence-electron chi connectivity index (χ2n) is 1.69. The summed E-state index contributed by atoms with van der Waals surface area (Å²) in [5, 5.41) is 0. The van der Waals surface area contributed by atoms with Crippen LogP contribution in [0.25, 0.3) is 0 Å². The summed E-state index contributed by atoms with van der Waals surface area (Å²) in [5.41, 5.74) is 1.90. The quantitative estimate of drug-likeness (QED) is 0.182. The molecule has 0 aliphatic rings. The van der Waals surface area contributed by atoms with Gasteiger partial charge in [0, 0.05) is 6.08 Å². The van der Waals surface area contributed by atoms with Crippen molar-refractivity contribution in [3.05, 3.63) is 12.7 Å². The van der Waals surface area contributed by atoms with Crippen molar-refractivity contribution < 1.29 is 14.3 Å². The maximum Gasteiger partial charge on any atom is 0.330 e. The van der Waals surface area contributed by atoms with Gasteiger partial charge in [0.1, 0.15) is 6.61 Å². The van der Waals surface area contributed by atoms with Crippen LogP contribution in [0, 0.1) is 0 Å². The highest BCUT2D eigenvalue weighted by Crippen LogP contribution is 1.83. The molecule has 0 aliphatic heterocycles. The Morgan fingerprint density at radius 2 is 2.27 bits per heavy atom. The van der Waals surface area contributed by atoms with Gasteiger partial charge in [-0.3, -0.25) is 10.2 Å². The summed E-state index contributed by atoms with van der Waals surface area (Å²) in [7, 11) is 0. The van der Waals surface area contributed by atoms with Crippen LogP contribution in [0.15, 0.2) is 12.7 Å². The van der Waals surface area contributed by atoms with Gasteiger partial charge in [-0.15, -0.1) is 0 Å². The fourth-order valence-corrected chi connectivity index (χ4v) is 0.375. The predicted molar refractivity (Wildman–Crippen MR) is 38.1 cm³/mol. The van der Waals surface area contributed by atoms with Crippen molar-refractivity contribution in [3.63, 3.8) is 0 Å². The molecule has 5 nitrogen and oxygen atoms in total. The first-order valence-corrected chi connectivity index (χ1v) is 2.99. The van der Waals surface area contributed by atoms with E-state index in [1.807, 2.05) is 5.43 Å². The van der Waals surface area contributed by atoms with E-state index >= 15 is 0 Å².